The Morgan fingerprint density at radius 1 is 1.32 bits per heavy atom. The van der Waals surface area contributed by atoms with Gasteiger partial charge in [0.1, 0.15) is 0 Å². The molecule has 7 nitrogen and oxygen atoms in total. The highest BCUT2D eigenvalue weighted by atomic mass is 32.2. The molecule has 0 unspecified atom stereocenters. The van der Waals surface area contributed by atoms with Gasteiger partial charge < -0.3 is 10.0 Å². The van der Waals surface area contributed by atoms with Crippen molar-refractivity contribution in [3.63, 3.8) is 0 Å². The van der Waals surface area contributed by atoms with E-state index in [-0.39, 0.29) is 30.7 Å². The molecule has 0 aromatic rings. The lowest BCUT2D eigenvalue weighted by molar-refractivity contribution is -0.142. The Morgan fingerprint density at radius 3 is 2.47 bits per heavy atom. The van der Waals surface area contributed by atoms with Gasteiger partial charge in [-0.25, -0.2) is 8.42 Å². The lowest BCUT2D eigenvalue weighted by Gasteiger charge is -2.20. The topological polar surface area (TPSA) is 95.0 Å². The zero-order valence-corrected chi connectivity index (χ0v) is 11.6. The average Bonchev–Trinajstić information content (AvgIpc) is 2.83. The first-order valence-electron chi connectivity index (χ1n) is 6.29. The molecule has 1 N–H and O–H groups in total. The van der Waals surface area contributed by atoms with Gasteiger partial charge in [0.2, 0.25) is 15.9 Å². The number of likely N-dealkylation sites (tertiary alicyclic amines) is 1. The highest BCUT2D eigenvalue weighted by Gasteiger charge is 2.38. The van der Waals surface area contributed by atoms with E-state index in [2.05, 4.69) is 0 Å². The fourth-order valence-electron chi connectivity index (χ4n) is 2.61. The maximum Gasteiger partial charge on any atom is 0.308 e. The molecule has 0 radical (unpaired) electrons. The second-order valence-corrected chi connectivity index (χ2v) is 7.31. The van der Waals surface area contributed by atoms with Crippen LogP contribution in [0.2, 0.25) is 0 Å². The van der Waals surface area contributed by atoms with Gasteiger partial charge in [-0.15, -0.1) is 0 Å². The predicted octanol–water partition coefficient (Wildman–Crippen LogP) is -0.799. The predicted molar refractivity (Wildman–Crippen MR) is 66.8 cm³/mol. The number of amides is 1. The minimum atomic E-state index is -3.29. The van der Waals surface area contributed by atoms with Gasteiger partial charge in [-0.1, -0.05) is 6.92 Å². The smallest absolute Gasteiger partial charge is 0.308 e. The van der Waals surface area contributed by atoms with Crippen molar-refractivity contribution in [1.82, 2.24) is 9.21 Å². The molecule has 2 aliphatic rings. The molecule has 1 amide bonds. The number of rotatable bonds is 3. The molecule has 2 fully saturated rings. The largest absolute Gasteiger partial charge is 0.481 e. The van der Waals surface area contributed by atoms with Crippen LogP contribution >= 0.6 is 0 Å². The molecule has 2 saturated heterocycles. The van der Waals surface area contributed by atoms with Crippen molar-refractivity contribution in [1.29, 1.82) is 0 Å². The van der Waals surface area contributed by atoms with E-state index >= 15 is 0 Å². The van der Waals surface area contributed by atoms with E-state index in [1.165, 1.54) is 9.21 Å². The molecule has 2 aliphatic heterocycles. The molecule has 108 valence electrons. The van der Waals surface area contributed by atoms with E-state index in [4.69, 9.17) is 5.11 Å². The van der Waals surface area contributed by atoms with E-state index in [1.54, 1.807) is 6.92 Å². The number of hydrogen-bond donors (Lipinski definition) is 1. The number of hydrogen-bond acceptors (Lipinski definition) is 4. The van der Waals surface area contributed by atoms with E-state index in [0.29, 0.717) is 19.5 Å². The van der Waals surface area contributed by atoms with Crippen LogP contribution < -0.4 is 0 Å². The van der Waals surface area contributed by atoms with Gasteiger partial charge in [0.05, 0.1) is 18.2 Å². The highest BCUT2D eigenvalue weighted by molar-refractivity contribution is 7.89. The molecule has 0 aromatic heterocycles. The normalized spacial score (nSPS) is 30.7. The lowest BCUT2D eigenvalue weighted by Crippen LogP contribution is -2.40. The third kappa shape index (κ3) is 2.89. The van der Waals surface area contributed by atoms with Crippen molar-refractivity contribution in [2.45, 2.75) is 13.3 Å². The first kappa shape index (κ1) is 14.3. The van der Waals surface area contributed by atoms with Crippen molar-refractivity contribution >= 4 is 21.9 Å². The van der Waals surface area contributed by atoms with Gasteiger partial charge in [-0.05, 0) is 12.3 Å². The molecule has 19 heavy (non-hydrogen) atoms. The third-order valence-electron chi connectivity index (χ3n) is 3.80. The number of nitrogens with zero attached hydrogens (tertiary/aromatic N) is 2. The maximum atomic E-state index is 12.0. The van der Waals surface area contributed by atoms with Crippen molar-refractivity contribution in [3.8, 4) is 0 Å². The summed E-state index contributed by atoms with van der Waals surface area (Å²) in [5.41, 5.74) is 0. The average molecular weight is 290 g/mol. The van der Waals surface area contributed by atoms with Crippen LogP contribution in [-0.4, -0.2) is 66.5 Å². The number of carbonyl (C=O) groups excluding carboxylic acids is 1. The first-order valence-corrected chi connectivity index (χ1v) is 7.90. The Hall–Kier alpha value is -1.15. The van der Waals surface area contributed by atoms with Crippen LogP contribution in [0.5, 0.6) is 0 Å². The summed E-state index contributed by atoms with van der Waals surface area (Å²) in [6, 6.07) is 0. The summed E-state index contributed by atoms with van der Waals surface area (Å²) in [6.07, 6.45) is 0.545. The summed E-state index contributed by atoms with van der Waals surface area (Å²) < 4.78 is 24.4. The summed E-state index contributed by atoms with van der Waals surface area (Å²) in [7, 11) is -3.29. The molecule has 8 heteroatoms. The van der Waals surface area contributed by atoms with Crippen LogP contribution in [-0.2, 0) is 19.6 Å². The van der Waals surface area contributed by atoms with Crippen molar-refractivity contribution in [2.75, 3.05) is 31.9 Å². The Kier molecular flexibility index (Phi) is 3.82. The number of sulfonamides is 1. The first-order chi connectivity index (χ1) is 8.81. The minimum absolute atomic E-state index is 0.0917. The molecule has 2 heterocycles. The van der Waals surface area contributed by atoms with E-state index in [9.17, 15) is 18.0 Å². The Labute approximate surface area is 112 Å². The summed E-state index contributed by atoms with van der Waals surface area (Å²) in [6.45, 7) is 2.55. The zero-order valence-electron chi connectivity index (χ0n) is 10.8. The number of aliphatic carboxylic acids is 1. The SMILES string of the molecule is C[C@@H]1CN(C(=O)CN2CCCS2(=O)=O)C[C@H]1C(=O)O. The Bertz CT molecular complexity index is 489. The van der Waals surface area contributed by atoms with Crippen LogP contribution in [0.4, 0.5) is 0 Å². The fourth-order valence-corrected chi connectivity index (χ4v) is 4.08. The molecular weight excluding hydrogens is 272 g/mol. The van der Waals surface area contributed by atoms with Crippen LogP contribution in [0.25, 0.3) is 0 Å². The maximum absolute atomic E-state index is 12.0. The van der Waals surface area contributed by atoms with Gasteiger partial charge in [0.25, 0.3) is 0 Å². The van der Waals surface area contributed by atoms with Gasteiger partial charge in [-0.3, -0.25) is 9.59 Å². The Morgan fingerprint density at radius 2 is 2.00 bits per heavy atom. The van der Waals surface area contributed by atoms with Crippen LogP contribution in [0.15, 0.2) is 0 Å². The molecule has 0 aliphatic carbocycles. The van der Waals surface area contributed by atoms with Crippen molar-refractivity contribution < 1.29 is 23.1 Å². The monoisotopic (exact) mass is 290 g/mol. The Balaban J connectivity index is 1.97. The molecule has 0 aromatic carbocycles. The second kappa shape index (κ2) is 5.09. The fraction of sp³-hybridized carbons (Fsp3) is 0.818. The second-order valence-electron chi connectivity index (χ2n) is 5.22. The molecule has 2 rings (SSSR count). The van der Waals surface area contributed by atoms with Crippen molar-refractivity contribution in [2.24, 2.45) is 11.8 Å². The highest BCUT2D eigenvalue weighted by Crippen LogP contribution is 2.24. The van der Waals surface area contributed by atoms with Gasteiger partial charge in [0, 0.05) is 19.6 Å². The standard InChI is InChI=1S/C11H18N2O5S/c1-8-5-12(6-9(8)11(15)16)10(14)7-13-3-2-4-19(13,17)18/h8-9H,2-7H2,1H3,(H,15,16)/t8-,9-/m1/s1. The van der Waals surface area contributed by atoms with Crippen LogP contribution in [0.3, 0.4) is 0 Å². The molecule has 0 spiro atoms. The molecule has 0 bridgehead atoms. The van der Waals surface area contributed by atoms with Gasteiger partial charge in [-0.2, -0.15) is 4.31 Å². The van der Waals surface area contributed by atoms with E-state index in [0.717, 1.165) is 0 Å². The van der Waals surface area contributed by atoms with Gasteiger partial charge >= 0.3 is 5.97 Å². The van der Waals surface area contributed by atoms with Crippen LogP contribution in [0.1, 0.15) is 13.3 Å². The summed E-state index contributed by atoms with van der Waals surface area (Å²) >= 11 is 0. The van der Waals surface area contributed by atoms with E-state index in [1.807, 2.05) is 0 Å². The third-order valence-corrected chi connectivity index (χ3v) is 5.70. The lowest BCUT2D eigenvalue weighted by atomic mass is 9.99. The summed E-state index contributed by atoms with van der Waals surface area (Å²) in [5, 5.41) is 9.01. The number of carboxylic acid groups (broad SMARTS) is 1. The zero-order chi connectivity index (χ0) is 14.2. The molecule has 0 saturated carbocycles. The number of carbonyl (C=O) groups is 2. The minimum Gasteiger partial charge on any atom is -0.481 e. The quantitative estimate of drug-likeness (QED) is 0.734. The summed E-state index contributed by atoms with van der Waals surface area (Å²) in [5.74, 6) is -1.78. The molecular formula is C11H18N2O5S. The number of carboxylic acids is 1. The molecule has 2 atom stereocenters. The van der Waals surface area contributed by atoms with Crippen molar-refractivity contribution in [3.05, 3.63) is 0 Å². The van der Waals surface area contributed by atoms with Crippen LogP contribution in [0, 0.1) is 11.8 Å². The van der Waals surface area contributed by atoms with E-state index < -0.39 is 21.9 Å². The van der Waals surface area contributed by atoms with Gasteiger partial charge in [0.15, 0.2) is 0 Å². The summed E-state index contributed by atoms with van der Waals surface area (Å²) in [4.78, 5) is 24.5.